The number of fused-ring (bicyclic) bond motifs is 1. The topological polar surface area (TPSA) is 85.3 Å². The van der Waals surface area contributed by atoms with Crippen molar-refractivity contribution in [2.75, 3.05) is 0 Å². The maximum Gasteiger partial charge on any atom is 0.261 e. The van der Waals surface area contributed by atoms with E-state index < -0.39 is 0 Å². The quantitative estimate of drug-likeness (QED) is 0.604. The minimum absolute atomic E-state index is 0.0570. The zero-order valence-electron chi connectivity index (χ0n) is 15.1. The van der Waals surface area contributed by atoms with Gasteiger partial charge >= 0.3 is 0 Å². The minimum Gasteiger partial charge on any atom is -0.504 e. The number of pyridine rings is 1. The first-order valence-electron chi connectivity index (χ1n) is 8.72. The minimum atomic E-state index is -0.176. The summed E-state index contributed by atoms with van der Waals surface area (Å²) in [6.45, 7) is 4.45. The van der Waals surface area contributed by atoms with Crippen LogP contribution in [0.15, 0.2) is 59.8 Å². The molecular formula is C20H19N5O2. The second-order valence-electron chi connectivity index (χ2n) is 6.73. The highest BCUT2D eigenvalue weighted by Crippen LogP contribution is 2.30. The van der Waals surface area contributed by atoms with Crippen LogP contribution >= 0.6 is 0 Å². The number of aromatic nitrogens is 5. The zero-order valence-corrected chi connectivity index (χ0v) is 15.1. The van der Waals surface area contributed by atoms with Crippen LogP contribution in [0.5, 0.6) is 5.75 Å². The van der Waals surface area contributed by atoms with Crippen LogP contribution < -0.4 is 5.56 Å². The zero-order chi connectivity index (χ0) is 19.0. The molecule has 0 atom stereocenters. The van der Waals surface area contributed by atoms with E-state index in [0.717, 1.165) is 5.56 Å². The van der Waals surface area contributed by atoms with Crippen molar-refractivity contribution in [3.05, 3.63) is 76.5 Å². The summed E-state index contributed by atoms with van der Waals surface area (Å²) in [4.78, 5) is 16.8. The van der Waals surface area contributed by atoms with Crippen LogP contribution in [0, 0.1) is 0 Å². The molecule has 0 radical (unpaired) electrons. The lowest BCUT2D eigenvalue weighted by molar-refractivity contribution is 0.478. The molecule has 0 unspecified atom stereocenters. The highest BCUT2D eigenvalue weighted by molar-refractivity contribution is 5.74. The van der Waals surface area contributed by atoms with Crippen molar-refractivity contribution in [1.29, 1.82) is 0 Å². The van der Waals surface area contributed by atoms with Crippen molar-refractivity contribution in [3.63, 3.8) is 0 Å². The molecule has 3 aromatic heterocycles. The molecule has 0 aliphatic heterocycles. The molecule has 0 fully saturated rings. The predicted molar refractivity (Wildman–Crippen MR) is 102 cm³/mol. The molecule has 0 aliphatic carbocycles. The molecule has 7 heteroatoms. The Kier molecular flexibility index (Phi) is 4.19. The van der Waals surface area contributed by atoms with E-state index in [4.69, 9.17) is 0 Å². The molecule has 136 valence electrons. The first kappa shape index (κ1) is 17.0. The molecule has 0 saturated heterocycles. The van der Waals surface area contributed by atoms with E-state index in [2.05, 4.69) is 15.3 Å². The summed E-state index contributed by atoms with van der Waals surface area (Å²) < 4.78 is 3.07. The molecule has 4 rings (SSSR count). The van der Waals surface area contributed by atoms with Gasteiger partial charge in [0.15, 0.2) is 11.4 Å². The largest absolute Gasteiger partial charge is 0.504 e. The van der Waals surface area contributed by atoms with Crippen molar-refractivity contribution in [3.8, 4) is 17.0 Å². The van der Waals surface area contributed by atoms with Crippen LogP contribution in [0.2, 0.25) is 0 Å². The fraction of sp³-hybridized carbons (Fsp3) is 0.200. The summed E-state index contributed by atoms with van der Waals surface area (Å²) >= 11 is 0. The van der Waals surface area contributed by atoms with Gasteiger partial charge in [-0.15, -0.1) is 5.10 Å². The third-order valence-electron chi connectivity index (χ3n) is 4.50. The van der Waals surface area contributed by atoms with Gasteiger partial charge in [0.25, 0.3) is 5.56 Å². The molecule has 4 aromatic rings. The monoisotopic (exact) mass is 361 g/mol. The van der Waals surface area contributed by atoms with Gasteiger partial charge in [-0.05, 0) is 17.5 Å². The van der Waals surface area contributed by atoms with Gasteiger partial charge in [-0.25, -0.2) is 9.67 Å². The SMILES string of the molecule is CC(C)c1cnc2c(O)c(-c3cn(Cc4ccccc4)nn3)ccn2c1=O. The molecule has 1 aromatic carbocycles. The smallest absolute Gasteiger partial charge is 0.261 e. The molecule has 1 N–H and O–H groups in total. The summed E-state index contributed by atoms with van der Waals surface area (Å²) in [5.41, 5.74) is 2.75. The van der Waals surface area contributed by atoms with Crippen molar-refractivity contribution in [2.24, 2.45) is 0 Å². The lowest BCUT2D eigenvalue weighted by Crippen LogP contribution is -2.20. The Morgan fingerprint density at radius 3 is 2.67 bits per heavy atom. The number of nitrogens with zero attached hydrogens (tertiary/aromatic N) is 5. The Hall–Kier alpha value is -3.48. The Balaban J connectivity index is 1.73. The average Bonchev–Trinajstić information content (AvgIpc) is 3.11. The van der Waals surface area contributed by atoms with Gasteiger partial charge in [0, 0.05) is 18.0 Å². The fourth-order valence-corrected chi connectivity index (χ4v) is 3.02. The Morgan fingerprint density at radius 2 is 1.93 bits per heavy atom. The summed E-state index contributed by atoms with van der Waals surface area (Å²) in [5.74, 6) is -0.0294. The van der Waals surface area contributed by atoms with Gasteiger partial charge in [-0.2, -0.15) is 0 Å². The molecule has 0 amide bonds. The first-order chi connectivity index (χ1) is 13.0. The predicted octanol–water partition coefficient (Wildman–Crippen LogP) is 2.83. The maximum absolute atomic E-state index is 12.6. The molecular weight excluding hydrogens is 342 g/mol. The van der Waals surface area contributed by atoms with Crippen LogP contribution in [0.4, 0.5) is 0 Å². The van der Waals surface area contributed by atoms with Crippen molar-refractivity contribution in [1.82, 2.24) is 24.4 Å². The highest BCUT2D eigenvalue weighted by Gasteiger charge is 2.16. The molecule has 0 bridgehead atoms. The third-order valence-corrected chi connectivity index (χ3v) is 4.50. The van der Waals surface area contributed by atoms with Gasteiger partial charge in [0.1, 0.15) is 5.69 Å². The van der Waals surface area contributed by atoms with Gasteiger partial charge < -0.3 is 5.11 Å². The number of hydrogen-bond acceptors (Lipinski definition) is 5. The summed E-state index contributed by atoms with van der Waals surface area (Å²) in [6.07, 6.45) is 4.90. The van der Waals surface area contributed by atoms with Crippen LogP contribution in [0.1, 0.15) is 30.9 Å². The van der Waals surface area contributed by atoms with Gasteiger partial charge in [-0.1, -0.05) is 49.4 Å². The second-order valence-corrected chi connectivity index (χ2v) is 6.73. The highest BCUT2D eigenvalue weighted by atomic mass is 16.3. The number of aromatic hydroxyl groups is 1. The summed E-state index contributed by atoms with van der Waals surface area (Å²) in [6, 6.07) is 11.6. The lowest BCUT2D eigenvalue weighted by atomic mass is 10.1. The van der Waals surface area contributed by atoms with E-state index in [1.165, 1.54) is 10.6 Å². The van der Waals surface area contributed by atoms with Gasteiger partial charge in [-0.3, -0.25) is 9.20 Å². The normalized spacial score (nSPS) is 11.4. The Bertz CT molecular complexity index is 1160. The molecule has 7 nitrogen and oxygen atoms in total. The van der Waals surface area contributed by atoms with E-state index in [9.17, 15) is 9.90 Å². The van der Waals surface area contributed by atoms with Crippen LogP contribution in [-0.4, -0.2) is 29.5 Å². The van der Waals surface area contributed by atoms with E-state index in [0.29, 0.717) is 23.4 Å². The summed E-state index contributed by atoms with van der Waals surface area (Å²) in [5, 5.41) is 18.9. The van der Waals surface area contributed by atoms with E-state index >= 15 is 0 Å². The number of benzene rings is 1. The van der Waals surface area contributed by atoms with Gasteiger partial charge in [0.05, 0.1) is 18.3 Å². The lowest BCUT2D eigenvalue weighted by Gasteiger charge is -2.09. The van der Waals surface area contributed by atoms with Crippen molar-refractivity contribution < 1.29 is 5.11 Å². The number of rotatable bonds is 4. The molecule has 3 heterocycles. The van der Waals surface area contributed by atoms with Crippen LogP contribution in [0.25, 0.3) is 16.9 Å². The Morgan fingerprint density at radius 1 is 1.15 bits per heavy atom. The standard InChI is InChI=1S/C20H19N5O2/c1-13(2)16-10-21-19-18(26)15(8-9-25(19)20(16)27)17-12-24(23-22-17)11-14-6-4-3-5-7-14/h3-10,12-13,26H,11H2,1-2H3. The fourth-order valence-electron chi connectivity index (χ4n) is 3.02. The maximum atomic E-state index is 12.6. The molecule has 0 saturated carbocycles. The average molecular weight is 361 g/mol. The van der Waals surface area contributed by atoms with Crippen LogP contribution in [0.3, 0.4) is 0 Å². The number of hydrogen-bond donors (Lipinski definition) is 1. The van der Waals surface area contributed by atoms with E-state index in [1.54, 1.807) is 23.1 Å². The second kappa shape index (κ2) is 6.68. The molecule has 0 aliphatic rings. The Labute approximate surface area is 155 Å². The van der Waals surface area contributed by atoms with Crippen molar-refractivity contribution in [2.45, 2.75) is 26.3 Å². The van der Waals surface area contributed by atoms with Crippen molar-refractivity contribution >= 4 is 5.65 Å². The van der Waals surface area contributed by atoms with Gasteiger partial charge in [0.2, 0.25) is 0 Å². The van der Waals surface area contributed by atoms with E-state index in [-0.39, 0.29) is 22.9 Å². The summed E-state index contributed by atoms with van der Waals surface area (Å²) in [7, 11) is 0. The first-order valence-corrected chi connectivity index (χ1v) is 8.72. The molecule has 27 heavy (non-hydrogen) atoms. The van der Waals surface area contributed by atoms with Crippen LogP contribution in [-0.2, 0) is 6.54 Å². The molecule has 0 spiro atoms. The van der Waals surface area contributed by atoms with E-state index in [1.807, 2.05) is 44.2 Å². The third kappa shape index (κ3) is 3.08.